The van der Waals surface area contributed by atoms with E-state index in [1.165, 1.54) is 44.1 Å². The van der Waals surface area contributed by atoms with Gasteiger partial charge >= 0.3 is 0 Å². The highest BCUT2D eigenvalue weighted by atomic mass is 14.8. The van der Waals surface area contributed by atoms with Gasteiger partial charge in [0.05, 0.1) is 0 Å². The van der Waals surface area contributed by atoms with Crippen molar-refractivity contribution in [1.29, 1.82) is 0 Å². The van der Waals surface area contributed by atoms with Crippen LogP contribution in [0.25, 0.3) is 0 Å². The third-order valence-electron chi connectivity index (χ3n) is 4.84. The van der Waals surface area contributed by atoms with Crippen molar-refractivity contribution in [2.45, 2.75) is 58.3 Å². The lowest BCUT2D eigenvalue weighted by Gasteiger charge is -2.30. The van der Waals surface area contributed by atoms with Gasteiger partial charge in [-0.2, -0.15) is 0 Å². The molecule has 1 fully saturated rings. The summed E-state index contributed by atoms with van der Waals surface area (Å²) >= 11 is 0. The zero-order chi connectivity index (χ0) is 14.2. The van der Waals surface area contributed by atoms with Gasteiger partial charge in [0.25, 0.3) is 0 Å². The van der Waals surface area contributed by atoms with Crippen molar-refractivity contribution in [2.75, 3.05) is 13.1 Å². The van der Waals surface area contributed by atoms with E-state index in [1.807, 2.05) is 0 Å². The molecule has 1 unspecified atom stereocenters. The second-order valence-corrected chi connectivity index (χ2v) is 6.67. The fourth-order valence-electron chi connectivity index (χ4n) is 3.48. The van der Waals surface area contributed by atoms with Crippen LogP contribution in [0.4, 0.5) is 0 Å². The van der Waals surface area contributed by atoms with Crippen molar-refractivity contribution in [3.8, 4) is 0 Å². The highest BCUT2D eigenvalue weighted by Crippen LogP contribution is 2.35. The first-order valence-corrected chi connectivity index (χ1v) is 8.55. The van der Waals surface area contributed by atoms with Gasteiger partial charge in [0.2, 0.25) is 0 Å². The number of nitrogens with one attached hydrogen (secondary N) is 1. The molecule has 1 atom stereocenters. The molecule has 1 nitrogen and oxygen atoms in total. The Balaban J connectivity index is 1.92. The summed E-state index contributed by atoms with van der Waals surface area (Å²) in [5.41, 5.74) is 1.52. The fraction of sp³-hybridized carbons (Fsp3) is 0.684. The van der Waals surface area contributed by atoms with Crippen molar-refractivity contribution in [1.82, 2.24) is 5.32 Å². The third kappa shape index (κ3) is 4.94. The Bertz CT molecular complexity index is 351. The quantitative estimate of drug-likeness (QED) is 0.690. The van der Waals surface area contributed by atoms with Gasteiger partial charge in [-0.1, -0.05) is 69.9 Å². The first-order valence-electron chi connectivity index (χ1n) is 8.55. The van der Waals surface area contributed by atoms with E-state index in [0.717, 1.165) is 24.9 Å². The van der Waals surface area contributed by atoms with E-state index in [9.17, 15) is 0 Å². The topological polar surface area (TPSA) is 12.0 Å². The molecule has 0 spiro atoms. The summed E-state index contributed by atoms with van der Waals surface area (Å²) in [6.45, 7) is 6.94. The maximum absolute atomic E-state index is 3.63. The Morgan fingerprint density at radius 2 is 1.80 bits per heavy atom. The van der Waals surface area contributed by atoms with E-state index in [4.69, 9.17) is 0 Å². The van der Waals surface area contributed by atoms with Crippen molar-refractivity contribution >= 4 is 0 Å². The van der Waals surface area contributed by atoms with Gasteiger partial charge < -0.3 is 5.32 Å². The predicted octanol–water partition coefficient (Wildman–Crippen LogP) is 4.99. The average molecular weight is 273 g/mol. The molecule has 2 rings (SSSR count). The first kappa shape index (κ1) is 15.6. The Hall–Kier alpha value is -0.820. The molecule has 1 aromatic rings. The lowest BCUT2D eigenvalue weighted by molar-refractivity contribution is 0.262. The van der Waals surface area contributed by atoms with Crippen molar-refractivity contribution in [2.24, 2.45) is 11.8 Å². The molecule has 0 saturated heterocycles. The molecule has 0 bridgehead atoms. The number of hydrogen-bond acceptors (Lipinski definition) is 1. The SMILES string of the molecule is CCCNCC(CC1CCC(C)CC1)c1ccccc1. The van der Waals surface area contributed by atoms with Gasteiger partial charge in [-0.15, -0.1) is 0 Å². The Morgan fingerprint density at radius 3 is 2.45 bits per heavy atom. The van der Waals surface area contributed by atoms with Gasteiger partial charge in [0.15, 0.2) is 0 Å². The van der Waals surface area contributed by atoms with E-state index >= 15 is 0 Å². The molecule has 20 heavy (non-hydrogen) atoms. The molecule has 0 radical (unpaired) electrons. The highest BCUT2D eigenvalue weighted by molar-refractivity contribution is 5.20. The maximum Gasteiger partial charge on any atom is 0.00202 e. The van der Waals surface area contributed by atoms with Gasteiger partial charge in [0, 0.05) is 6.54 Å². The summed E-state index contributed by atoms with van der Waals surface area (Å²) in [6, 6.07) is 11.1. The van der Waals surface area contributed by atoms with Crippen LogP contribution >= 0.6 is 0 Å². The Morgan fingerprint density at radius 1 is 1.10 bits per heavy atom. The summed E-state index contributed by atoms with van der Waals surface area (Å²) < 4.78 is 0. The minimum Gasteiger partial charge on any atom is -0.316 e. The molecule has 0 heterocycles. The lowest BCUT2D eigenvalue weighted by atomic mass is 9.77. The van der Waals surface area contributed by atoms with Crippen LogP contribution in [0.1, 0.15) is 63.9 Å². The minimum absolute atomic E-state index is 0.696. The summed E-state index contributed by atoms with van der Waals surface area (Å²) in [5, 5.41) is 3.63. The lowest BCUT2D eigenvalue weighted by Crippen LogP contribution is -2.25. The summed E-state index contributed by atoms with van der Waals surface area (Å²) in [4.78, 5) is 0. The van der Waals surface area contributed by atoms with E-state index in [2.05, 4.69) is 49.5 Å². The zero-order valence-electron chi connectivity index (χ0n) is 13.3. The van der Waals surface area contributed by atoms with Crippen molar-refractivity contribution in [3.05, 3.63) is 35.9 Å². The minimum atomic E-state index is 0.696. The summed E-state index contributed by atoms with van der Waals surface area (Å²) in [6.07, 6.45) is 8.36. The number of hydrogen-bond donors (Lipinski definition) is 1. The molecule has 1 N–H and O–H groups in total. The smallest absolute Gasteiger partial charge is 0.00202 e. The summed E-state index contributed by atoms with van der Waals surface area (Å²) in [5.74, 6) is 2.60. The average Bonchev–Trinajstić information content (AvgIpc) is 2.49. The van der Waals surface area contributed by atoms with E-state index in [1.54, 1.807) is 0 Å². The van der Waals surface area contributed by atoms with Crippen LogP contribution in [0.3, 0.4) is 0 Å². The normalized spacial score (nSPS) is 24.5. The first-order chi connectivity index (χ1) is 9.79. The molecule has 0 aliphatic heterocycles. The standard InChI is InChI=1S/C19H31N/c1-3-13-20-15-19(18-7-5-4-6-8-18)14-17-11-9-16(2)10-12-17/h4-8,16-17,19-20H,3,9-15H2,1-2H3. The summed E-state index contributed by atoms with van der Waals surface area (Å²) in [7, 11) is 0. The van der Waals surface area contributed by atoms with Crippen LogP contribution in [0.2, 0.25) is 0 Å². The van der Waals surface area contributed by atoms with Crippen LogP contribution in [0, 0.1) is 11.8 Å². The third-order valence-corrected chi connectivity index (χ3v) is 4.84. The molecule has 0 aromatic heterocycles. The van der Waals surface area contributed by atoms with Crippen LogP contribution in [-0.4, -0.2) is 13.1 Å². The number of benzene rings is 1. The van der Waals surface area contributed by atoms with Crippen molar-refractivity contribution in [3.63, 3.8) is 0 Å². The molecule has 1 saturated carbocycles. The maximum atomic E-state index is 3.63. The predicted molar refractivity (Wildman–Crippen MR) is 88.1 cm³/mol. The second-order valence-electron chi connectivity index (χ2n) is 6.67. The van der Waals surface area contributed by atoms with Gasteiger partial charge in [0.1, 0.15) is 0 Å². The molecular weight excluding hydrogens is 242 g/mol. The van der Waals surface area contributed by atoms with E-state index in [0.29, 0.717) is 5.92 Å². The van der Waals surface area contributed by atoms with Gasteiger partial charge in [-0.05, 0) is 42.7 Å². The van der Waals surface area contributed by atoms with Crippen LogP contribution in [0.5, 0.6) is 0 Å². The van der Waals surface area contributed by atoms with Crippen molar-refractivity contribution < 1.29 is 0 Å². The number of rotatable bonds is 7. The molecule has 1 aromatic carbocycles. The molecule has 1 aliphatic carbocycles. The van der Waals surface area contributed by atoms with Gasteiger partial charge in [-0.25, -0.2) is 0 Å². The van der Waals surface area contributed by atoms with E-state index < -0.39 is 0 Å². The highest BCUT2D eigenvalue weighted by Gasteiger charge is 2.22. The molecular formula is C19H31N. The monoisotopic (exact) mass is 273 g/mol. The van der Waals surface area contributed by atoms with Crippen LogP contribution < -0.4 is 5.32 Å². The molecule has 0 amide bonds. The second kappa shape index (κ2) is 8.46. The molecule has 1 heteroatoms. The Kier molecular flexibility index (Phi) is 6.59. The fourth-order valence-corrected chi connectivity index (χ4v) is 3.48. The molecule has 1 aliphatic rings. The Labute approximate surface area is 125 Å². The van der Waals surface area contributed by atoms with E-state index in [-0.39, 0.29) is 0 Å². The van der Waals surface area contributed by atoms with Gasteiger partial charge in [-0.3, -0.25) is 0 Å². The largest absolute Gasteiger partial charge is 0.316 e. The van der Waals surface area contributed by atoms with Crippen LogP contribution in [-0.2, 0) is 0 Å². The zero-order valence-corrected chi connectivity index (χ0v) is 13.3. The molecule has 112 valence electrons. The van der Waals surface area contributed by atoms with Crippen LogP contribution in [0.15, 0.2) is 30.3 Å².